The van der Waals surface area contributed by atoms with E-state index in [9.17, 15) is 9.36 Å². The standard InChI is InChI=1S/C17H9Cl2O2P/c18-13-6-3-7-14(19)15(13)16(20)12-9-8-10-4-1-2-5-11(10)17(12)22-21/h1-9H. The SMILES string of the molecule is O=Pc1c(C(=O)c2c(Cl)cccc2Cl)ccc2ccccc12. The molecule has 3 aromatic carbocycles. The van der Waals surface area contributed by atoms with Crippen LogP contribution in [0.2, 0.25) is 10.0 Å². The lowest BCUT2D eigenvalue weighted by Gasteiger charge is -2.09. The second kappa shape index (κ2) is 6.18. The van der Waals surface area contributed by atoms with E-state index in [0.29, 0.717) is 10.9 Å². The molecule has 0 radical (unpaired) electrons. The third kappa shape index (κ3) is 2.55. The van der Waals surface area contributed by atoms with Gasteiger partial charge in [0.2, 0.25) is 0 Å². The van der Waals surface area contributed by atoms with E-state index in [1.807, 2.05) is 30.3 Å². The molecule has 22 heavy (non-hydrogen) atoms. The smallest absolute Gasteiger partial charge is 0.197 e. The minimum atomic E-state index is -0.334. The molecule has 0 atom stereocenters. The Morgan fingerprint density at radius 2 is 1.55 bits per heavy atom. The third-order valence-corrected chi connectivity index (χ3v) is 4.72. The van der Waals surface area contributed by atoms with Crippen molar-refractivity contribution in [3.05, 3.63) is 75.8 Å². The molecule has 2 nitrogen and oxygen atoms in total. The average molecular weight is 347 g/mol. The lowest BCUT2D eigenvalue weighted by atomic mass is 9.99. The highest BCUT2D eigenvalue weighted by Crippen LogP contribution is 2.28. The van der Waals surface area contributed by atoms with Crippen molar-refractivity contribution in [2.75, 3.05) is 0 Å². The number of carbonyl (C=O) groups excluding carboxylic acids is 1. The highest BCUT2D eigenvalue weighted by atomic mass is 35.5. The number of benzene rings is 3. The Kier molecular flexibility index (Phi) is 4.26. The van der Waals surface area contributed by atoms with Crippen LogP contribution in [0, 0.1) is 0 Å². The number of hydrogen-bond donors (Lipinski definition) is 0. The molecule has 0 N–H and O–H groups in total. The summed E-state index contributed by atoms with van der Waals surface area (Å²) in [6.45, 7) is 0. The van der Waals surface area contributed by atoms with Crippen LogP contribution in [0.25, 0.3) is 10.8 Å². The van der Waals surface area contributed by atoms with E-state index in [-0.39, 0.29) is 29.9 Å². The molecule has 0 heterocycles. The Labute approximate surface area is 138 Å². The van der Waals surface area contributed by atoms with Crippen LogP contribution >= 0.6 is 31.7 Å². The van der Waals surface area contributed by atoms with Gasteiger partial charge in [-0.05, 0) is 29.0 Å². The summed E-state index contributed by atoms with van der Waals surface area (Å²) >= 11 is 12.2. The fraction of sp³-hybridized carbons (Fsp3) is 0. The van der Waals surface area contributed by atoms with Gasteiger partial charge in [0.05, 0.1) is 20.9 Å². The lowest BCUT2D eigenvalue weighted by Crippen LogP contribution is -2.13. The van der Waals surface area contributed by atoms with Crippen LogP contribution in [0.5, 0.6) is 0 Å². The van der Waals surface area contributed by atoms with Gasteiger partial charge in [-0.1, -0.05) is 59.6 Å². The predicted molar refractivity (Wildman–Crippen MR) is 91.1 cm³/mol. The monoisotopic (exact) mass is 346 g/mol. The number of rotatable bonds is 3. The third-order valence-electron chi connectivity index (χ3n) is 3.43. The molecule has 0 saturated carbocycles. The minimum Gasteiger partial charge on any atom is -0.288 e. The summed E-state index contributed by atoms with van der Waals surface area (Å²) in [7, 11) is -0.220. The summed E-state index contributed by atoms with van der Waals surface area (Å²) in [5.41, 5.74) is 0.566. The van der Waals surface area contributed by atoms with Crippen molar-refractivity contribution in [3.63, 3.8) is 0 Å². The van der Waals surface area contributed by atoms with E-state index in [4.69, 9.17) is 23.2 Å². The van der Waals surface area contributed by atoms with Crippen LogP contribution < -0.4 is 5.30 Å². The molecular formula is C17H9Cl2O2P. The zero-order valence-electron chi connectivity index (χ0n) is 11.2. The van der Waals surface area contributed by atoms with Crippen molar-refractivity contribution < 1.29 is 9.36 Å². The average Bonchev–Trinajstić information content (AvgIpc) is 2.53. The Balaban J connectivity index is 2.26. The molecular weight excluding hydrogens is 338 g/mol. The fourth-order valence-corrected chi connectivity index (χ4v) is 3.53. The Bertz CT molecular complexity index is 886. The van der Waals surface area contributed by atoms with Gasteiger partial charge in [-0.2, -0.15) is 0 Å². The van der Waals surface area contributed by atoms with Crippen molar-refractivity contribution in [1.29, 1.82) is 0 Å². The molecule has 0 aliphatic rings. The normalized spacial score (nSPS) is 11.0. The van der Waals surface area contributed by atoms with Crippen LogP contribution in [0.15, 0.2) is 54.6 Å². The summed E-state index contributed by atoms with van der Waals surface area (Å²) in [4.78, 5) is 12.8. The predicted octanol–water partition coefficient (Wildman–Crippen LogP) is 5.29. The van der Waals surface area contributed by atoms with Crippen LogP contribution in [-0.4, -0.2) is 5.78 Å². The van der Waals surface area contributed by atoms with Crippen LogP contribution in [0.1, 0.15) is 15.9 Å². The molecule has 0 bridgehead atoms. The molecule has 0 aliphatic carbocycles. The maximum absolute atomic E-state index is 12.8. The second-order valence-electron chi connectivity index (χ2n) is 4.70. The number of ketones is 1. The highest BCUT2D eigenvalue weighted by Gasteiger charge is 2.21. The highest BCUT2D eigenvalue weighted by molar-refractivity contribution is 7.35. The van der Waals surface area contributed by atoms with Gasteiger partial charge in [0.1, 0.15) is 0 Å². The Morgan fingerprint density at radius 1 is 0.864 bits per heavy atom. The van der Waals surface area contributed by atoms with Crippen molar-refractivity contribution in [2.24, 2.45) is 0 Å². The van der Waals surface area contributed by atoms with E-state index in [1.54, 1.807) is 24.3 Å². The quantitative estimate of drug-likeness (QED) is 0.476. The van der Waals surface area contributed by atoms with Crippen LogP contribution in [0.4, 0.5) is 0 Å². The van der Waals surface area contributed by atoms with E-state index in [0.717, 1.165) is 10.8 Å². The molecule has 0 fully saturated rings. The van der Waals surface area contributed by atoms with Crippen molar-refractivity contribution >= 4 is 53.5 Å². The van der Waals surface area contributed by atoms with Crippen molar-refractivity contribution in [1.82, 2.24) is 0 Å². The Morgan fingerprint density at radius 3 is 2.23 bits per heavy atom. The van der Waals surface area contributed by atoms with E-state index >= 15 is 0 Å². The van der Waals surface area contributed by atoms with E-state index in [2.05, 4.69) is 0 Å². The molecule has 3 aromatic rings. The van der Waals surface area contributed by atoms with Gasteiger partial charge in [-0.15, -0.1) is 0 Å². The molecule has 0 saturated heterocycles. The first-order chi connectivity index (χ1) is 10.6. The number of carbonyl (C=O) groups is 1. The number of fused-ring (bicyclic) bond motifs is 1. The minimum absolute atomic E-state index is 0.220. The zero-order chi connectivity index (χ0) is 15.7. The summed E-state index contributed by atoms with van der Waals surface area (Å²) in [6.07, 6.45) is 0. The topological polar surface area (TPSA) is 34.1 Å². The van der Waals surface area contributed by atoms with Gasteiger partial charge in [-0.3, -0.25) is 9.36 Å². The molecule has 108 valence electrons. The van der Waals surface area contributed by atoms with Crippen LogP contribution in [0.3, 0.4) is 0 Å². The van der Waals surface area contributed by atoms with Gasteiger partial charge in [0, 0.05) is 5.56 Å². The van der Waals surface area contributed by atoms with E-state index < -0.39 is 0 Å². The largest absolute Gasteiger partial charge is 0.288 e. The van der Waals surface area contributed by atoms with Crippen molar-refractivity contribution in [3.8, 4) is 0 Å². The van der Waals surface area contributed by atoms with Gasteiger partial charge in [0.15, 0.2) is 14.2 Å². The number of hydrogen-bond acceptors (Lipinski definition) is 2. The van der Waals surface area contributed by atoms with E-state index in [1.165, 1.54) is 0 Å². The molecule has 5 heteroatoms. The first kappa shape index (κ1) is 15.2. The first-order valence-electron chi connectivity index (χ1n) is 6.47. The van der Waals surface area contributed by atoms with Crippen molar-refractivity contribution in [2.45, 2.75) is 0 Å². The zero-order valence-corrected chi connectivity index (χ0v) is 13.6. The maximum Gasteiger partial charge on any atom is 0.197 e. The Hall–Kier alpha value is -1.73. The fourth-order valence-electron chi connectivity index (χ4n) is 2.39. The van der Waals surface area contributed by atoms with Crippen LogP contribution in [-0.2, 0) is 4.57 Å². The van der Waals surface area contributed by atoms with Gasteiger partial charge >= 0.3 is 0 Å². The lowest BCUT2D eigenvalue weighted by molar-refractivity contribution is 0.104. The molecule has 0 spiro atoms. The molecule has 0 amide bonds. The molecule has 0 unspecified atom stereocenters. The summed E-state index contributed by atoms with van der Waals surface area (Å²) in [6, 6.07) is 15.8. The summed E-state index contributed by atoms with van der Waals surface area (Å²) < 4.78 is 11.6. The van der Waals surface area contributed by atoms with Gasteiger partial charge < -0.3 is 0 Å². The first-order valence-corrected chi connectivity index (χ1v) is 8.04. The van der Waals surface area contributed by atoms with Gasteiger partial charge in [0.25, 0.3) is 0 Å². The summed E-state index contributed by atoms with van der Waals surface area (Å²) in [5.74, 6) is -0.334. The maximum atomic E-state index is 12.8. The van der Waals surface area contributed by atoms with Gasteiger partial charge in [-0.25, -0.2) is 0 Å². The summed E-state index contributed by atoms with van der Waals surface area (Å²) in [5, 5.41) is 2.69. The molecule has 0 aliphatic heterocycles. The molecule has 0 aromatic heterocycles. The second-order valence-corrected chi connectivity index (χ2v) is 6.14. The number of halogens is 2. The molecule has 3 rings (SSSR count).